The Morgan fingerprint density at radius 3 is 2.63 bits per heavy atom. The van der Waals surface area contributed by atoms with E-state index in [2.05, 4.69) is 26.0 Å². The van der Waals surface area contributed by atoms with Crippen molar-refractivity contribution in [3.8, 4) is 0 Å². The maximum absolute atomic E-state index is 11.2. The summed E-state index contributed by atoms with van der Waals surface area (Å²) in [6.45, 7) is 1.30. The Bertz CT molecular complexity index is 548. The van der Waals surface area contributed by atoms with Gasteiger partial charge in [0.1, 0.15) is 5.76 Å². The summed E-state index contributed by atoms with van der Waals surface area (Å²) in [4.78, 5) is 11.2. The van der Waals surface area contributed by atoms with E-state index in [1.807, 2.05) is 24.3 Å². The average molecular weight is 324 g/mol. The zero-order valence-corrected chi connectivity index (χ0v) is 12.1. The van der Waals surface area contributed by atoms with Crippen molar-refractivity contribution in [2.45, 2.75) is 13.1 Å². The molecule has 2 aromatic rings. The lowest BCUT2D eigenvalue weighted by molar-refractivity contribution is 0.0563. The molecule has 0 unspecified atom stereocenters. The Morgan fingerprint density at radius 1 is 1.21 bits per heavy atom. The van der Waals surface area contributed by atoms with Gasteiger partial charge in [0.05, 0.1) is 13.7 Å². The topological polar surface area (TPSA) is 51.5 Å². The number of esters is 1. The minimum Gasteiger partial charge on any atom is -0.463 e. The van der Waals surface area contributed by atoms with Gasteiger partial charge in [0, 0.05) is 11.0 Å². The van der Waals surface area contributed by atoms with Crippen molar-refractivity contribution in [3.05, 3.63) is 58.0 Å². The van der Waals surface area contributed by atoms with Gasteiger partial charge in [-0.15, -0.1) is 0 Å². The van der Waals surface area contributed by atoms with Crippen LogP contribution in [0.15, 0.2) is 45.3 Å². The van der Waals surface area contributed by atoms with Crippen LogP contribution < -0.4 is 5.32 Å². The van der Waals surface area contributed by atoms with Crippen LogP contribution in [0.4, 0.5) is 0 Å². The van der Waals surface area contributed by atoms with Crippen molar-refractivity contribution in [2.75, 3.05) is 7.11 Å². The van der Waals surface area contributed by atoms with Crippen LogP contribution in [0.3, 0.4) is 0 Å². The highest BCUT2D eigenvalue weighted by Crippen LogP contribution is 2.11. The lowest BCUT2D eigenvalue weighted by Gasteiger charge is -2.03. The van der Waals surface area contributed by atoms with E-state index in [1.54, 1.807) is 12.1 Å². The molecule has 19 heavy (non-hydrogen) atoms. The van der Waals surface area contributed by atoms with Gasteiger partial charge in [-0.25, -0.2) is 4.79 Å². The first-order chi connectivity index (χ1) is 9.19. The minimum atomic E-state index is -0.459. The Morgan fingerprint density at radius 2 is 1.95 bits per heavy atom. The normalized spacial score (nSPS) is 10.4. The number of hydrogen-bond acceptors (Lipinski definition) is 4. The summed E-state index contributed by atoms with van der Waals surface area (Å²) in [6.07, 6.45) is 0. The third-order valence-corrected chi connectivity index (χ3v) is 3.12. The smallest absolute Gasteiger partial charge is 0.373 e. The Hall–Kier alpha value is -1.59. The highest BCUT2D eigenvalue weighted by molar-refractivity contribution is 9.10. The summed E-state index contributed by atoms with van der Waals surface area (Å²) >= 11 is 3.39. The molecule has 100 valence electrons. The molecule has 0 aliphatic carbocycles. The number of carbonyl (C=O) groups is 1. The molecule has 4 nitrogen and oxygen atoms in total. The van der Waals surface area contributed by atoms with E-state index in [9.17, 15) is 4.79 Å². The molecule has 1 N–H and O–H groups in total. The van der Waals surface area contributed by atoms with Crippen molar-refractivity contribution in [1.29, 1.82) is 0 Å². The largest absolute Gasteiger partial charge is 0.463 e. The van der Waals surface area contributed by atoms with E-state index in [0.29, 0.717) is 12.3 Å². The molecule has 5 heteroatoms. The fraction of sp³-hybridized carbons (Fsp3) is 0.214. The second-order valence-corrected chi connectivity index (χ2v) is 4.90. The van der Waals surface area contributed by atoms with E-state index < -0.39 is 5.97 Å². The highest BCUT2D eigenvalue weighted by atomic mass is 79.9. The van der Waals surface area contributed by atoms with Gasteiger partial charge in [0.25, 0.3) is 0 Å². The monoisotopic (exact) mass is 323 g/mol. The summed E-state index contributed by atoms with van der Waals surface area (Å²) in [5.74, 6) is 0.472. The highest BCUT2D eigenvalue weighted by Gasteiger charge is 2.10. The van der Waals surface area contributed by atoms with Crippen LogP contribution in [0.1, 0.15) is 21.9 Å². The number of ether oxygens (including phenoxy) is 1. The van der Waals surface area contributed by atoms with Crippen LogP contribution in [0.5, 0.6) is 0 Å². The minimum absolute atomic E-state index is 0.225. The summed E-state index contributed by atoms with van der Waals surface area (Å²) in [5, 5.41) is 3.25. The number of benzene rings is 1. The van der Waals surface area contributed by atoms with Crippen LogP contribution in [-0.4, -0.2) is 13.1 Å². The molecular formula is C14H14BrNO3. The van der Waals surface area contributed by atoms with Gasteiger partial charge in [-0.05, 0) is 29.8 Å². The fourth-order valence-electron chi connectivity index (χ4n) is 1.62. The standard InChI is InChI=1S/C14H14BrNO3/c1-18-14(17)13-7-6-12(19-13)9-16-8-10-2-4-11(15)5-3-10/h2-7,16H,8-9H2,1H3. The summed E-state index contributed by atoms with van der Waals surface area (Å²) in [7, 11) is 1.33. The van der Waals surface area contributed by atoms with Gasteiger partial charge >= 0.3 is 5.97 Å². The number of furan rings is 1. The van der Waals surface area contributed by atoms with Crippen LogP contribution in [0.25, 0.3) is 0 Å². The number of carbonyl (C=O) groups excluding carboxylic acids is 1. The van der Waals surface area contributed by atoms with Crippen molar-refractivity contribution < 1.29 is 13.9 Å². The quantitative estimate of drug-likeness (QED) is 0.859. The van der Waals surface area contributed by atoms with Gasteiger partial charge in [-0.1, -0.05) is 28.1 Å². The summed E-state index contributed by atoms with van der Waals surface area (Å²) < 4.78 is 11.0. The zero-order valence-electron chi connectivity index (χ0n) is 10.5. The Labute approximate surface area is 119 Å². The zero-order chi connectivity index (χ0) is 13.7. The van der Waals surface area contributed by atoms with E-state index in [0.717, 1.165) is 11.0 Å². The molecule has 0 aliphatic rings. The lowest BCUT2D eigenvalue weighted by atomic mass is 10.2. The Balaban J connectivity index is 1.84. The number of methoxy groups -OCH3 is 1. The third kappa shape index (κ3) is 3.94. The van der Waals surface area contributed by atoms with Gasteiger partial charge in [-0.3, -0.25) is 0 Å². The van der Waals surface area contributed by atoms with Crippen molar-refractivity contribution in [2.24, 2.45) is 0 Å². The SMILES string of the molecule is COC(=O)c1ccc(CNCc2ccc(Br)cc2)o1. The molecule has 0 saturated heterocycles. The average Bonchev–Trinajstić information content (AvgIpc) is 2.89. The molecule has 1 aromatic carbocycles. The molecule has 1 heterocycles. The second kappa shape index (κ2) is 6.54. The molecule has 0 bridgehead atoms. The van der Waals surface area contributed by atoms with Gasteiger partial charge in [0.2, 0.25) is 5.76 Å². The van der Waals surface area contributed by atoms with Gasteiger partial charge < -0.3 is 14.5 Å². The predicted molar refractivity (Wildman–Crippen MR) is 74.7 cm³/mol. The molecule has 0 fully saturated rings. The first-order valence-electron chi connectivity index (χ1n) is 5.81. The predicted octanol–water partition coefficient (Wildman–Crippen LogP) is 3.12. The molecular weight excluding hydrogens is 310 g/mol. The molecule has 0 radical (unpaired) electrons. The lowest BCUT2D eigenvalue weighted by Crippen LogP contribution is -2.12. The first-order valence-corrected chi connectivity index (χ1v) is 6.60. The fourth-order valence-corrected chi connectivity index (χ4v) is 1.88. The molecule has 0 amide bonds. The summed E-state index contributed by atoms with van der Waals surface area (Å²) in [6, 6.07) is 11.5. The van der Waals surface area contributed by atoms with E-state index in [1.165, 1.54) is 12.7 Å². The van der Waals surface area contributed by atoms with E-state index in [-0.39, 0.29) is 5.76 Å². The molecule has 1 aromatic heterocycles. The van der Waals surface area contributed by atoms with Crippen molar-refractivity contribution in [1.82, 2.24) is 5.32 Å². The van der Waals surface area contributed by atoms with Crippen LogP contribution >= 0.6 is 15.9 Å². The maximum Gasteiger partial charge on any atom is 0.373 e. The molecule has 0 aliphatic heterocycles. The third-order valence-electron chi connectivity index (χ3n) is 2.59. The second-order valence-electron chi connectivity index (χ2n) is 3.99. The van der Waals surface area contributed by atoms with Gasteiger partial charge in [0.15, 0.2) is 0 Å². The van der Waals surface area contributed by atoms with Gasteiger partial charge in [-0.2, -0.15) is 0 Å². The van der Waals surface area contributed by atoms with Crippen LogP contribution in [0.2, 0.25) is 0 Å². The Kier molecular flexibility index (Phi) is 4.76. The van der Waals surface area contributed by atoms with Crippen molar-refractivity contribution in [3.63, 3.8) is 0 Å². The first kappa shape index (κ1) is 13.8. The number of hydrogen-bond donors (Lipinski definition) is 1. The molecule has 0 spiro atoms. The van der Waals surface area contributed by atoms with Crippen LogP contribution in [0, 0.1) is 0 Å². The summed E-state index contributed by atoms with van der Waals surface area (Å²) in [5.41, 5.74) is 1.18. The van der Waals surface area contributed by atoms with Crippen molar-refractivity contribution >= 4 is 21.9 Å². The molecule has 2 rings (SSSR count). The molecule has 0 saturated carbocycles. The van der Waals surface area contributed by atoms with E-state index >= 15 is 0 Å². The molecule has 0 atom stereocenters. The van der Waals surface area contributed by atoms with Crippen LogP contribution in [-0.2, 0) is 17.8 Å². The number of halogens is 1. The van der Waals surface area contributed by atoms with E-state index in [4.69, 9.17) is 4.42 Å². The maximum atomic E-state index is 11.2. The number of rotatable bonds is 5. The number of nitrogens with one attached hydrogen (secondary N) is 1.